The van der Waals surface area contributed by atoms with Crippen molar-refractivity contribution in [2.24, 2.45) is 0 Å². The Morgan fingerprint density at radius 2 is 1.85 bits per heavy atom. The van der Waals surface area contributed by atoms with Crippen LogP contribution in [0.1, 0.15) is 45.1 Å². The number of hydrogen-bond donors (Lipinski definition) is 1. The molecule has 0 aromatic heterocycles. The number of nitrogens with zero attached hydrogens (tertiary/aromatic N) is 1. The maximum atomic E-state index is 3.89. The van der Waals surface area contributed by atoms with E-state index >= 15 is 0 Å². The van der Waals surface area contributed by atoms with Gasteiger partial charge in [-0.3, -0.25) is 0 Å². The maximum Gasteiger partial charge on any atom is 0.0107 e. The quantitative estimate of drug-likeness (QED) is 0.819. The minimum atomic E-state index is 0.625. The molecule has 0 radical (unpaired) electrons. The Bertz CT molecular complexity index is 355. The van der Waals surface area contributed by atoms with E-state index in [0.29, 0.717) is 6.04 Å². The first-order valence-corrected chi connectivity index (χ1v) is 8.34. The maximum absolute atomic E-state index is 3.89. The van der Waals surface area contributed by atoms with Crippen LogP contribution in [0.3, 0.4) is 0 Å². The molecule has 1 fully saturated rings. The van der Waals surface area contributed by atoms with Crippen LogP contribution >= 0.6 is 0 Å². The lowest BCUT2D eigenvalue weighted by atomic mass is 9.99. The van der Waals surface area contributed by atoms with E-state index in [1.807, 2.05) is 0 Å². The summed E-state index contributed by atoms with van der Waals surface area (Å²) < 4.78 is 0. The highest BCUT2D eigenvalue weighted by atomic mass is 15.1. The van der Waals surface area contributed by atoms with E-state index in [2.05, 4.69) is 54.4 Å². The molecule has 1 atom stereocenters. The van der Waals surface area contributed by atoms with Crippen LogP contribution in [0.25, 0.3) is 0 Å². The molecule has 2 heteroatoms. The average Bonchev–Trinajstić information content (AvgIpc) is 2.50. The van der Waals surface area contributed by atoms with Crippen LogP contribution in [0, 0.1) is 0 Å². The summed E-state index contributed by atoms with van der Waals surface area (Å²) in [5, 5.41) is 3.89. The zero-order valence-electron chi connectivity index (χ0n) is 13.1. The Labute approximate surface area is 124 Å². The van der Waals surface area contributed by atoms with Gasteiger partial charge in [0.15, 0.2) is 0 Å². The number of nitrogens with one attached hydrogen (secondary N) is 1. The van der Waals surface area contributed by atoms with Gasteiger partial charge in [0.05, 0.1) is 0 Å². The van der Waals surface area contributed by atoms with Gasteiger partial charge in [0.2, 0.25) is 0 Å². The summed E-state index contributed by atoms with van der Waals surface area (Å²) in [7, 11) is 0. The van der Waals surface area contributed by atoms with Crippen LogP contribution in [0.4, 0.5) is 0 Å². The highest BCUT2D eigenvalue weighted by Crippen LogP contribution is 2.13. The molecule has 0 spiro atoms. The molecule has 1 aromatic rings. The van der Waals surface area contributed by atoms with Crippen LogP contribution in [0.5, 0.6) is 0 Å². The predicted molar refractivity (Wildman–Crippen MR) is 87.1 cm³/mol. The lowest BCUT2D eigenvalue weighted by Gasteiger charge is -2.34. The standard InChI is InChI=1S/C18H30N2/c1-3-12-20-13-10-18(11-14-20)19-17(4-2)15-16-8-6-5-7-9-16/h5-9,17-19H,3-4,10-15H2,1-2H3. The highest BCUT2D eigenvalue weighted by molar-refractivity contribution is 5.15. The predicted octanol–water partition coefficient (Wildman–Crippen LogP) is 3.47. The molecule has 1 N–H and O–H groups in total. The van der Waals surface area contributed by atoms with Gasteiger partial charge >= 0.3 is 0 Å². The van der Waals surface area contributed by atoms with E-state index in [-0.39, 0.29) is 0 Å². The van der Waals surface area contributed by atoms with Gasteiger partial charge in [0.1, 0.15) is 0 Å². The fraction of sp³-hybridized carbons (Fsp3) is 0.667. The van der Waals surface area contributed by atoms with Gasteiger partial charge in [-0.15, -0.1) is 0 Å². The first-order valence-electron chi connectivity index (χ1n) is 8.34. The normalized spacial score (nSPS) is 19.1. The van der Waals surface area contributed by atoms with Crippen LogP contribution in [0.15, 0.2) is 30.3 Å². The Hall–Kier alpha value is -0.860. The third-order valence-electron chi connectivity index (χ3n) is 4.42. The summed E-state index contributed by atoms with van der Waals surface area (Å²) in [5.74, 6) is 0. The monoisotopic (exact) mass is 274 g/mol. The topological polar surface area (TPSA) is 15.3 Å². The minimum absolute atomic E-state index is 0.625. The summed E-state index contributed by atoms with van der Waals surface area (Å²) in [6.07, 6.45) is 6.27. The van der Waals surface area contributed by atoms with Gasteiger partial charge in [-0.1, -0.05) is 44.2 Å². The van der Waals surface area contributed by atoms with E-state index in [1.165, 1.54) is 50.9 Å². The number of benzene rings is 1. The van der Waals surface area contributed by atoms with E-state index in [1.54, 1.807) is 0 Å². The van der Waals surface area contributed by atoms with Crippen LogP contribution in [-0.2, 0) is 6.42 Å². The SMILES string of the molecule is CCCN1CCC(NC(CC)Cc2ccccc2)CC1. The third kappa shape index (κ3) is 4.92. The minimum Gasteiger partial charge on any atom is -0.311 e. The number of hydrogen-bond acceptors (Lipinski definition) is 2. The van der Waals surface area contributed by atoms with Gasteiger partial charge in [-0.2, -0.15) is 0 Å². The van der Waals surface area contributed by atoms with Crippen molar-refractivity contribution in [1.82, 2.24) is 10.2 Å². The molecular formula is C18H30N2. The first-order chi connectivity index (χ1) is 9.81. The second-order valence-electron chi connectivity index (χ2n) is 6.08. The zero-order chi connectivity index (χ0) is 14.2. The molecule has 20 heavy (non-hydrogen) atoms. The Balaban J connectivity index is 1.76. The van der Waals surface area contributed by atoms with Crippen molar-refractivity contribution in [3.05, 3.63) is 35.9 Å². The van der Waals surface area contributed by atoms with Crippen LogP contribution < -0.4 is 5.32 Å². The van der Waals surface area contributed by atoms with E-state index in [9.17, 15) is 0 Å². The second-order valence-corrected chi connectivity index (χ2v) is 6.08. The summed E-state index contributed by atoms with van der Waals surface area (Å²) in [5.41, 5.74) is 1.45. The van der Waals surface area contributed by atoms with Gasteiger partial charge in [0.25, 0.3) is 0 Å². The van der Waals surface area contributed by atoms with E-state index < -0.39 is 0 Å². The lowest BCUT2D eigenvalue weighted by Crippen LogP contribution is -2.46. The van der Waals surface area contributed by atoms with E-state index in [0.717, 1.165) is 12.5 Å². The molecule has 0 aliphatic carbocycles. The molecule has 0 saturated carbocycles. The lowest BCUT2D eigenvalue weighted by molar-refractivity contribution is 0.190. The Morgan fingerprint density at radius 3 is 2.45 bits per heavy atom. The summed E-state index contributed by atoms with van der Waals surface area (Å²) >= 11 is 0. The van der Waals surface area contributed by atoms with Gasteiger partial charge in [0, 0.05) is 12.1 Å². The van der Waals surface area contributed by atoms with Crippen molar-refractivity contribution in [3.8, 4) is 0 Å². The van der Waals surface area contributed by atoms with Crippen molar-refractivity contribution in [2.75, 3.05) is 19.6 Å². The molecule has 2 nitrogen and oxygen atoms in total. The molecule has 2 rings (SSSR count). The zero-order valence-corrected chi connectivity index (χ0v) is 13.1. The van der Waals surface area contributed by atoms with Crippen molar-refractivity contribution < 1.29 is 0 Å². The van der Waals surface area contributed by atoms with Gasteiger partial charge < -0.3 is 10.2 Å². The number of piperidine rings is 1. The molecule has 1 aromatic carbocycles. The van der Waals surface area contributed by atoms with Crippen molar-refractivity contribution >= 4 is 0 Å². The average molecular weight is 274 g/mol. The van der Waals surface area contributed by atoms with Crippen molar-refractivity contribution in [2.45, 2.75) is 58.0 Å². The number of rotatable bonds is 7. The van der Waals surface area contributed by atoms with E-state index in [4.69, 9.17) is 0 Å². The molecular weight excluding hydrogens is 244 g/mol. The first kappa shape index (κ1) is 15.5. The van der Waals surface area contributed by atoms with Gasteiger partial charge in [-0.05, 0) is 57.3 Å². The molecule has 1 aliphatic rings. The second kappa shape index (κ2) is 8.43. The van der Waals surface area contributed by atoms with Gasteiger partial charge in [-0.25, -0.2) is 0 Å². The summed E-state index contributed by atoms with van der Waals surface area (Å²) in [4.78, 5) is 2.61. The molecule has 0 bridgehead atoms. The smallest absolute Gasteiger partial charge is 0.0107 e. The molecule has 0 amide bonds. The summed E-state index contributed by atoms with van der Waals surface area (Å²) in [6.45, 7) is 8.39. The Kier molecular flexibility index (Phi) is 6.55. The van der Waals surface area contributed by atoms with Crippen LogP contribution in [0.2, 0.25) is 0 Å². The van der Waals surface area contributed by atoms with Crippen molar-refractivity contribution in [1.29, 1.82) is 0 Å². The molecule has 1 unspecified atom stereocenters. The Morgan fingerprint density at radius 1 is 1.15 bits per heavy atom. The van der Waals surface area contributed by atoms with Crippen LogP contribution in [-0.4, -0.2) is 36.6 Å². The van der Waals surface area contributed by atoms with Crippen molar-refractivity contribution in [3.63, 3.8) is 0 Å². The molecule has 1 saturated heterocycles. The largest absolute Gasteiger partial charge is 0.311 e. The molecule has 1 heterocycles. The summed E-state index contributed by atoms with van der Waals surface area (Å²) in [6, 6.07) is 12.2. The fourth-order valence-electron chi connectivity index (χ4n) is 3.19. The molecule has 1 aliphatic heterocycles. The number of likely N-dealkylation sites (tertiary alicyclic amines) is 1. The molecule has 112 valence electrons. The highest BCUT2D eigenvalue weighted by Gasteiger charge is 2.20. The third-order valence-corrected chi connectivity index (χ3v) is 4.42. The fourth-order valence-corrected chi connectivity index (χ4v) is 3.19.